The third-order valence-electron chi connectivity index (χ3n) is 2.37. The SMILES string of the molecule is CC(C)CCCNC(=O)CN(C)CC(C)C. The molecule has 0 aromatic carbocycles. The second kappa shape index (κ2) is 8.57. The van der Waals surface area contributed by atoms with Crippen LogP contribution in [0, 0.1) is 11.8 Å². The largest absolute Gasteiger partial charge is 0.355 e. The summed E-state index contributed by atoms with van der Waals surface area (Å²) in [6, 6.07) is 0. The molecule has 0 aliphatic carbocycles. The van der Waals surface area contributed by atoms with Gasteiger partial charge in [-0.3, -0.25) is 9.69 Å². The molecule has 0 bridgehead atoms. The fourth-order valence-electron chi connectivity index (χ4n) is 1.73. The van der Waals surface area contributed by atoms with Crippen LogP contribution in [-0.4, -0.2) is 37.5 Å². The molecule has 0 rings (SSSR count). The lowest BCUT2D eigenvalue weighted by molar-refractivity contribution is -0.122. The standard InChI is InChI=1S/C13H28N2O/c1-11(2)7-6-8-14-13(16)10-15(5)9-12(3)4/h11-12H,6-10H2,1-5H3,(H,14,16). The topological polar surface area (TPSA) is 32.3 Å². The van der Waals surface area contributed by atoms with Gasteiger partial charge >= 0.3 is 0 Å². The molecule has 96 valence electrons. The first-order valence-corrected chi connectivity index (χ1v) is 6.37. The molecule has 0 radical (unpaired) electrons. The smallest absolute Gasteiger partial charge is 0.234 e. The van der Waals surface area contributed by atoms with Crippen LogP contribution in [0.15, 0.2) is 0 Å². The second-order valence-electron chi connectivity index (χ2n) is 5.48. The van der Waals surface area contributed by atoms with Gasteiger partial charge < -0.3 is 5.32 Å². The van der Waals surface area contributed by atoms with Crippen molar-refractivity contribution in [2.45, 2.75) is 40.5 Å². The van der Waals surface area contributed by atoms with Gasteiger partial charge in [0.25, 0.3) is 0 Å². The zero-order chi connectivity index (χ0) is 12.6. The maximum Gasteiger partial charge on any atom is 0.234 e. The highest BCUT2D eigenvalue weighted by atomic mass is 16.2. The van der Waals surface area contributed by atoms with Gasteiger partial charge in [0.05, 0.1) is 6.54 Å². The summed E-state index contributed by atoms with van der Waals surface area (Å²) in [5.41, 5.74) is 0. The fourth-order valence-corrected chi connectivity index (χ4v) is 1.73. The first kappa shape index (κ1) is 15.4. The van der Waals surface area contributed by atoms with Gasteiger partial charge in [0.1, 0.15) is 0 Å². The Bertz CT molecular complexity index is 190. The summed E-state index contributed by atoms with van der Waals surface area (Å²) in [6.07, 6.45) is 2.26. The molecular weight excluding hydrogens is 200 g/mol. The maximum atomic E-state index is 11.5. The lowest BCUT2D eigenvalue weighted by atomic mass is 10.1. The minimum Gasteiger partial charge on any atom is -0.355 e. The van der Waals surface area contributed by atoms with Crippen LogP contribution in [0.2, 0.25) is 0 Å². The third kappa shape index (κ3) is 9.97. The molecule has 0 aliphatic heterocycles. The average molecular weight is 228 g/mol. The molecule has 0 aliphatic rings. The highest BCUT2D eigenvalue weighted by Crippen LogP contribution is 2.01. The van der Waals surface area contributed by atoms with Crippen molar-refractivity contribution in [2.24, 2.45) is 11.8 Å². The molecule has 0 atom stereocenters. The highest BCUT2D eigenvalue weighted by molar-refractivity contribution is 5.77. The number of likely N-dealkylation sites (N-methyl/N-ethyl adjacent to an activating group) is 1. The monoisotopic (exact) mass is 228 g/mol. The summed E-state index contributed by atoms with van der Waals surface area (Å²) in [5.74, 6) is 1.48. The van der Waals surface area contributed by atoms with Gasteiger partial charge in [-0.1, -0.05) is 27.7 Å². The summed E-state index contributed by atoms with van der Waals surface area (Å²) >= 11 is 0. The first-order valence-electron chi connectivity index (χ1n) is 6.37. The molecule has 0 aromatic rings. The van der Waals surface area contributed by atoms with E-state index in [4.69, 9.17) is 0 Å². The fraction of sp³-hybridized carbons (Fsp3) is 0.923. The third-order valence-corrected chi connectivity index (χ3v) is 2.37. The predicted molar refractivity (Wildman–Crippen MR) is 69.4 cm³/mol. The van der Waals surface area contributed by atoms with Crippen LogP contribution < -0.4 is 5.32 Å². The summed E-state index contributed by atoms with van der Waals surface area (Å²) in [4.78, 5) is 13.6. The van der Waals surface area contributed by atoms with Gasteiger partial charge in [0, 0.05) is 13.1 Å². The Labute approximate surface area is 101 Å². The van der Waals surface area contributed by atoms with Crippen molar-refractivity contribution in [3.8, 4) is 0 Å². The zero-order valence-electron chi connectivity index (χ0n) is 11.5. The van der Waals surface area contributed by atoms with Crippen LogP contribution in [0.1, 0.15) is 40.5 Å². The number of nitrogens with one attached hydrogen (secondary N) is 1. The minimum atomic E-state index is 0.145. The van der Waals surface area contributed by atoms with Crippen molar-refractivity contribution in [1.82, 2.24) is 10.2 Å². The maximum absolute atomic E-state index is 11.5. The number of rotatable bonds is 8. The second-order valence-corrected chi connectivity index (χ2v) is 5.48. The molecule has 1 amide bonds. The number of amides is 1. The average Bonchev–Trinajstić information content (AvgIpc) is 2.10. The molecule has 3 heteroatoms. The van der Waals surface area contributed by atoms with Crippen LogP contribution >= 0.6 is 0 Å². The zero-order valence-corrected chi connectivity index (χ0v) is 11.5. The van der Waals surface area contributed by atoms with Crippen molar-refractivity contribution in [3.63, 3.8) is 0 Å². The summed E-state index contributed by atoms with van der Waals surface area (Å²) < 4.78 is 0. The summed E-state index contributed by atoms with van der Waals surface area (Å²) in [5, 5.41) is 2.96. The lowest BCUT2D eigenvalue weighted by Crippen LogP contribution is -2.37. The van der Waals surface area contributed by atoms with Crippen LogP contribution in [0.3, 0.4) is 0 Å². The molecule has 0 saturated heterocycles. The molecule has 0 heterocycles. The minimum absolute atomic E-state index is 0.145. The first-order chi connectivity index (χ1) is 7.41. The lowest BCUT2D eigenvalue weighted by Gasteiger charge is -2.18. The van der Waals surface area contributed by atoms with Gasteiger partial charge in [0.2, 0.25) is 5.91 Å². The quantitative estimate of drug-likeness (QED) is 0.645. The molecular formula is C13H28N2O. The number of carbonyl (C=O) groups is 1. The van der Waals surface area contributed by atoms with Crippen molar-refractivity contribution >= 4 is 5.91 Å². The van der Waals surface area contributed by atoms with Gasteiger partial charge in [0.15, 0.2) is 0 Å². The van der Waals surface area contributed by atoms with E-state index in [2.05, 4.69) is 37.9 Å². The molecule has 1 N–H and O–H groups in total. The van der Waals surface area contributed by atoms with Crippen molar-refractivity contribution in [1.29, 1.82) is 0 Å². The van der Waals surface area contributed by atoms with E-state index in [1.54, 1.807) is 0 Å². The van der Waals surface area contributed by atoms with E-state index in [0.29, 0.717) is 12.5 Å². The number of carbonyl (C=O) groups excluding carboxylic acids is 1. The number of nitrogens with zero attached hydrogens (tertiary/aromatic N) is 1. The van der Waals surface area contributed by atoms with E-state index in [0.717, 1.165) is 25.4 Å². The van der Waals surface area contributed by atoms with E-state index in [1.807, 2.05) is 7.05 Å². The van der Waals surface area contributed by atoms with E-state index in [1.165, 1.54) is 6.42 Å². The molecule has 0 saturated carbocycles. The van der Waals surface area contributed by atoms with E-state index >= 15 is 0 Å². The Morgan fingerprint density at radius 1 is 1.19 bits per heavy atom. The van der Waals surface area contributed by atoms with Gasteiger partial charge in [-0.05, 0) is 31.7 Å². The van der Waals surface area contributed by atoms with E-state index in [9.17, 15) is 4.79 Å². The molecule has 0 aromatic heterocycles. The normalized spacial score (nSPS) is 11.5. The van der Waals surface area contributed by atoms with Gasteiger partial charge in [-0.25, -0.2) is 0 Å². The Kier molecular flexibility index (Phi) is 8.26. The number of hydrogen-bond donors (Lipinski definition) is 1. The summed E-state index contributed by atoms with van der Waals surface area (Å²) in [7, 11) is 1.99. The van der Waals surface area contributed by atoms with Crippen molar-refractivity contribution < 1.29 is 4.79 Å². The Morgan fingerprint density at radius 2 is 1.81 bits per heavy atom. The Balaban J connectivity index is 3.51. The predicted octanol–water partition coefficient (Wildman–Crippen LogP) is 2.13. The van der Waals surface area contributed by atoms with Crippen LogP contribution in [0.4, 0.5) is 0 Å². The van der Waals surface area contributed by atoms with Crippen LogP contribution in [0.25, 0.3) is 0 Å². The highest BCUT2D eigenvalue weighted by Gasteiger charge is 2.07. The van der Waals surface area contributed by atoms with Crippen molar-refractivity contribution in [2.75, 3.05) is 26.7 Å². The summed E-state index contributed by atoms with van der Waals surface area (Å²) in [6.45, 7) is 11.0. The van der Waals surface area contributed by atoms with Gasteiger partial charge in [-0.2, -0.15) is 0 Å². The van der Waals surface area contributed by atoms with Crippen LogP contribution in [0.5, 0.6) is 0 Å². The molecule has 16 heavy (non-hydrogen) atoms. The van der Waals surface area contributed by atoms with E-state index in [-0.39, 0.29) is 5.91 Å². The van der Waals surface area contributed by atoms with Crippen LogP contribution in [-0.2, 0) is 4.79 Å². The van der Waals surface area contributed by atoms with E-state index < -0.39 is 0 Å². The Morgan fingerprint density at radius 3 is 2.31 bits per heavy atom. The Hall–Kier alpha value is -0.570. The van der Waals surface area contributed by atoms with Crippen molar-refractivity contribution in [3.05, 3.63) is 0 Å². The molecule has 0 spiro atoms. The molecule has 0 fully saturated rings. The van der Waals surface area contributed by atoms with Gasteiger partial charge in [-0.15, -0.1) is 0 Å². The molecule has 0 unspecified atom stereocenters. The number of hydrogen-bond acceptors (Lipinski definition) is 2. The molecule has 3 nitrogen and oxygen atoms in total.